The van der Waals surface area contributed by atoms with Crippen LogP contribution in [-0.2, 0) is 14.3 Å². The quantitative estimate of drug-likeness (QED) is 0.849. The van der Waals surface area contributed by atoms with Crippen LogP contribution in [0.5, 0.6) is 0 Å². The molecule has 124 valence electrons. The third-order valence-electron chi connectivity index (χ3n) is 5.15. The van der Waals surface area contributed by atoms with Gasteiger partial charge < -0.3 is 14.8 Å². The van der Waals surface area contributed by atoms with Crippen LogP contribution in [0, 0.1) is 5.92 Å². The van der Waals surface area contributed by atoms with Crippen molar-refractivity contribution in [2.24, 2.45) is 5.92 Å². The van der Waals surface area contributed by atoms with Gasteiger partial charge in [0, 0.05) is 11.6 Å². The minimum atomic E-state index is -1.03. The summed E-state index contributed by atoms with van der Waals surface area (Å²) in [5.74, 6) is -0.466. The molecule has 0 aromatic heterocycles. The van der Waals surface area contributed by atoms with E-state index in [0.29, 0.717) is 6.42 Å². The molecule has 0 unspecified atom stereocenters. The van der Waals surface area contributed by atoms with Gasteiger partial charge in [-0.2, -0.15) is 0 Å². The van der Waals surface area contributed by atoms with Gasteiger partial charge in [0.2, 0.25) is 0 Å². The summed E-state index contributed by atoms with van der Waals surface area (Å²) in [6, 6.07) is 7.94. The molecule has 2 aliphatic heterocycles. The van der Waals surface area contributed by atoms with Gasteiger partial charge in [-0.3, -0.25) is 4.90 Å². The van der Waals surface area contributed by atoms with E-state index in [9.17, 15) is 9.59 Å². The Balaban J connectivity index is 2.12. The Labute approximate surface area is 135 Å². The molecule has 1 fully saturated rings. The Morgan fingerprint density at radius 3 is 2.57 bits per heavy atom. The average molecular weight is 318 g/mol. The second-order valence-corrected chi connectivity index (χ2v) is 6.40. The van der Waals surface area contributed by atoms with Crippen molar-refractivity contribution < 1.29 is 19.1 Å². The summed E-state index contributed by atoms with van der Waals surface area (Å²) in [5, 5.41) is 3.37. The lowest BCUT2D eigenvalue weighted by Gasteiger charge is -2.40. The van der Waals surface area contributed by atoms with Crippen LogP contribution in [0.2, 0.25) is 0 Å². The highest BCUT2D eigenvalue weighted by atomic mass is 16.5. The molecule has 2 heterocycles. The Kier molecular flexibility index (Phi) is 3.70. The molecule has 1 N–H and O–H groups in total. The van der Waals surface area contributed by atoms with E-state index < -0.39 is 17.6 Å². The molecule has 0 bridgehead atoms. The first kappa shape index (κ1) is 15.6. The molecule has 3 atom stereocenters. The molecule has 1 amide bonds. The number of anilines is 1. The average Bonchev–Trinajstić information content (AvgIpc) is 3.07. The second kappa shape index (κ2) is 5.44. The fraction of sp³-hybridized carbons (Fsp3) is 0.529. The SMILES string of the molecule is COC(=O)N1[C@@H]2Nc3ccccc3[C@@H]2C[C@]1(C(=O)OC)C(C)C. The molecule has 1 aromatic carbocycles. The number of methoxy groups -OCH3 is 2. The molecule has 6 heteroatoms. The number of hydrogen-bond acceptors (Lipinski definition) is 5. The molecule has 0 spiro atoms. The highest BCUT2D eigenvalue weighted by Gasteiger charge is 2.63. The van der Waals surface area contributed by atoms with E-state index >= 15 is 0 Å². The molecule has 3 rings (SSSR count). The normalized spacial score (nSPS) is 28.1. The van der Waals surface area contributed by atoms with Crippen LogP contribution in [0.1, 0.15) is 31.7 Å². The maximum Gasteiger partial charge on any atom is 0.412 e. The highest BCUT2D eigenvalue weighted by molar-refractivity contribution is 5.88. The van der Waals surface area contributed by atoms with Crippen LogP contribution in [-0.4, -0.2) is 42.9 Å². The maximum atomic E-state index is 12.7. The monoisotopic (exact) mass is 318 g/mol. The summed E-state index contributed by atoms with van der Waals surface area (Å²) < 4.78 is 10.0. The third kappa shape index (κ3) is 2.00. The molecular weight excluding hydrogens is 296 g/mol. The lowest BCUT2D eigenvalue weighted by atomic mass is 9.80. The minimum Gasteiger partial charge on any atom is -0.467 e. The van der Waals surface area contributed by atoms with Gasteiger partial charge in [-0.1, -0.05) is 32.0 Å². The van der Waals surface area contributed by atoms with Crippen molar-refractivity contribution in [3.63, 3.8) is 0 Å². The number of amides is 1. The molecule has 6 nitrogen and oxygen atoms in total. The largest absolute Gasteiger partial charge is 0.467 e. The van der Waals surface area contributed by atoms with E-state index in [1.54, 1.807) is 0 Å². The number of nitrogens with one attached hydrogen (secondary N) is 1. The summed E-state index contributed by atoms with van der Waals surface area (Å²) in [6.45, 7) is 3.86. The van der Waals surface area contributed by atoms with E-state index in [1.807, 2.05) is 38.1 Å². The molecule has 1 saturated heterocycles. The van der Waals surface area contributed by atoms with Crippen molar-refractivity contribution in [1.29, 1.82) is 0 Å². The first-order valence-electron chi connectivity index (χ1n) is 7.78. The van der Waals surface area contributed by atoms with E-state index in [-0.39, 0.29) is 18.0 Å². The van der Waals surface area contributed by atoms with Crippen LogP contribution >= 0.6 is 0 Å². The number of carbonyl (C=O) groups is 2. The van der Waals surface area contributed by atoms with Crippen LogP contribution in [0.15, 0.2) is 24.3 Å². The van der Waals surface area contributed by atoms with Gasteiger partial charge in [0.1, 0.15) is 11.7 Å². The van der Waals surface area contributed by atoms with Gasteiger partial charge in [0.25, 0.3) is 0 Å². The van der Waals surface area contributed by atoms with Gasteiger partial charge in [0.15, 0.2) is 0 Å². The van der Waals surface area contributed by atoms with Gasteiger partial charge in [-0.15, -0.1) is 0 Å². The van der Waals surface area contributed by atoms with Crippen molar-refractivity contribution in [3.05, 3.63) is 29.8 Å². The fourth-order valence-corrected chi connectivity index (χ4v) is 4.01. The number of para-hydroxylation sites is 1. The highest BCUT2D eigenvalue weighted by Crippen LogP contribution is 2.53. The lowest BCUT2D eigenvalue weighted by Crippen LogP contribution is -2.60. The standard InChI is InChI=1S/C17H22N2O4/c1-10(2)17(15(20)22-3)9-12-11-7-5-6-8-13(11)18-14(12)19(17)16(21)23-4/h5-8,10,12,14,18H,9H2,1-4H3/t12-,14-,17+/m0/s1. The third-order valence-corrected chi connectivity index (χ3v) is 5.15. The number of fused-ring (bicyclic) bond motifs is 3. The number of carbonyl (C=O) groups excluding carboxylic acids is 2. The van der Waals surface area contributed by atoms with E-state index in [0.717, 1.165) is 11.3 Å². The Morgan fingerprint density at radius 2 is 1.96 bits per heavy atom. The molecule has 0 saturated carbocycles. The zero-order chi connectivity index (χ0) is 16.8. The molecular formula is C17H22N2O4. The van der Waals surface area contributed by atoms with Gasteiger partial charge in [0.05, 0.1) is 14.2 Å². The first-order chi connectivity index (χ1) is 11.0. The topological polar surface area (TPSA) is 67.9 Å². The van der Waals surface area contributed by atoms with Crippen molar-refractivity contribution in [2.75, 3.05) is 19.5 Å². The summed E-state index contributed by atoms with van der Waals surface area (Å²) >= 11 is 0. The summed E-state index contributed by atoms with van der Waals surface area (Å²) in [4.78, 5) is 26.7. The summed E-state index contributed by atoms with van der Waals surface area (Å²) in [5.41, 5.74) is 1.09. The van der Waals surface area contributed by atoms with E-state index in [1.165, 1.54) is 19.1 Å². The van der Waals surface area contributed by atoms with Crippen molar-refractivity contribution in [3.8, 4) is 0 Å². The van der Waals surface area contributed by atoms with Crippen molar-refractivity contribution in [1.82, 2.24) is 4.90 Å². The molecule has 1 aromatic rings. The predicted molar refractivity (Wildman–Crippen MR) is 85.0 cm³/mol. The Bertz CT molecular complexity index is 645. The van der Waals surface area contributed by atoms with Gasteiger partial charge >= 0.3 is 12.1 Å². The van der Waals surface area contributed by atoms with E-state index in [2.05, 4.69) is 5.32 Å². The predicted octanol–water partition coefficient (Wildman–Crippen LogP) is 2.56. The Morgan fingerprint density at radius 1 is 1.26 bits per heavy atom. The number of likely N-dealkylation sites (tertiary alicyclic amines) is 1. The van der Waals surface area contributed by atoms with Crippen molar-refractivity contribution >= 4 is 17.7 Å². The van der Waals surface area contributed by atoms with Crippen LogP contribution in [0.3, 0.4) is 0 Å². The van der Waals surface area contributed by atoms with Crippen LogP contribution in [0.4, 0.5) is 10.5 Å². The number of hydrogen-bond donors (Lipinski definition) is 1. The van der Waals surface area contributed by atoms with Crippen LogP contribution < -0.4 is 5.32 Å². The molecule has 0 radical (unpaired) electrons. The zero-order valence-corrected chi connectivity index (χ0v) is 13.8. The first-order valence-corrected chi connectivity index (χ1v) is 7.78. The lowest BCUT2D eigenvalue weighted by molar-refractivity contribution is -0.156. The Hall–Kier alpha value is -2.24. The number of esters is 1. The number of benzene rings is 1. The fourth-order valence-electron chi connectivity index (χ4n) is 4.01. The minimum absolute atomic E-state index is 0.0341. The zero-order valence-electron chi connectivity index (χ0n) is 13.8. The van der Waals surface area contributed by atoms with E-state index in [4.69, 9.17) is 9.47 Å². The van der Waals surface area contributed by atoms with Crippen LogP contribution in [0.25, 0.3) is 0 Å². The number of nitrogens with zero attached hydrogens (tertiary/aromatic N) is 1. The second-order valence-electron chi connectivity index (χ2n) is 6.40. The van der Waals surface area contributed by atoms with Gasteiger partial charge in [-0.25, -0.2) is 9.59 Å². The number of ether oxygens (including phenoxy) is 2. The molecule has 2 aliphatic rings. The van der Waals surface area contributed by atoms with Gasteiger partial charge in [-0.05, 0) is 24.0 Å². The summed E-state index contributed by atoms with van der Waals surface area (Å²) in [6.07, 6.45) is -0.306. The molecule has 0 aliphatic carbocycles. The molecule has 23 heavy (non-hydrogen) atoms. The summed E-state index contributed by atoms with van der Waals surface area (Å²) in [7, 11) is 2.69. The maximum absolute atomic E-state index is 12.7. The van der Waals surface area contributed by atoms with Crippen molar-refractivity contribution in [2.45, 2.75) is 37.9 Å². The smallest absolute Gasteiger partial charge is 0.412 e. The number of rotatable bonds is 2.